The Morgan fingerprint density at radius 3 is 2.30 bits per heavy atom. The molecule has 3 amide bonds. The van der Waals surface area contributed by atoms with E-state index in [1.54, 1.807) is 26.0 Å². The minimum absolute atomic E-state index is 0.0524. The van der Waals surface area contributed by atoms with Gasteiger partial charge in [0.25, 0.3) is 11.8 Å². The zero-order valence-corrected chi connectivity index (χ0v) is 18.2. The van der Waals surface area contributed by atoms with Gasteiger partial charge < -0.3 is 15.4 Å². The molecular weight excluding hydrogens is 426 g/mol. The third kappa shape index (κ3) is 4.10. The topological polar surface area (TPSA) is 105 Å². The summed E-state index contributed by atoms with van der Waals surface area (Å²) >= 11 is 6.47. The van der Waals surface area contributed by atoms with Crippen LogP contribution in [0.4, 0.5) is 5.00 Å². The number of imide groups is 1. The molecule has 1 aliphatic heterocycles. The Hall–Kier alpha value is -3.11. The van der Waals surface area contributed by atoms with E-state index in [9.17, 15) is 19.2 Å². The first-order chi connectivity index (χ1) is 14.2. The predicted molar refractivity (Wildman–Crippen MR) is 116 cm³/mol. The minimum Gasteiger partial charge on any atom is -0.462 e. The second-order valence-electron chi connectivity index (χ2n) is 6.45. The number of rotatable bonds is 5. The van der Waals surface area contributed by atoms with Crippen LogP contribution in [0.3, 0.4) is 0 Å². The van der Waals surface area contributed by atoms with Crippen molar-refractivity contribution in [2.24, 2.45) is 0 Å². The number of thiophene rings is 1. The van der Waals surface area contributed by atoms with Gasteiger partial charge in [-0.2, -0.15) is 0 Å². The van der Waals surface area contributed by atoms with Gasteiger partial charge in [-0.15, -0.1) is 11.3 Å². The third-order valence-electron chi connectivity index (χ3n) is 4.52. The standard InChI is InChI=1S/C20H19N3O5S2/c1-4-28-19(27)15-10(2)11(3)30-16(15)22-20(29)21-14(24)9-23-17(25)12-7-5-6-8-13(12)18(23)26/h5-8H,4,9H2,1-3H3,(H2,21,22,24,29). The highest BCUT2D eigenvalue weighted by molar-refractivity contribution is 7.80. The lowest BCUT2D eigenvalue weighted by Crippen LogP contribution is -2.43. The minimum atomic E-state index is -0.635. The molecule has 3 rings (SSSR count). The maximum Gasteiger partial charge on any atom is 0.341 e. The number of thiocarbonyl (C=S) groups is 1. The summed E-state index contributed by atoms with van der Waals surface area (Å²) in [5.41, 5.74) is 1.65. The number of anilines is 1. The van der Waals surface area contributed by atoms with Crippen molar-refractivity contribution in [2.45, 2.75) is 20.8 Å². The highest BCUT2D eigenvalue weighted by Gasteiger charge is 2.36. The molecule has 2 heterocycles. The second kappa shape index (κ2) is 8.72. The zero-order chi connectivity index (χ0) is 22.0. The highest BCUT2D eigenvalue weighted by Crippen LogP contribution is 2.33. The number of nitrogens with zero attached hydrogens (tertiary/aromatic N) is 1. The van der Waals surface area contributed by atoms with Gasteiger partial charge in [-0.05, 0) is 50.7 Å². The molecule has 156 valence electrons. The summed E-state index contributed by atoms with van der Waals surface area (Å²) < 4.78 is 5.08. The number of carbonyl (C=O) groups excluding carboxylic acids is 4. The highest BCUT2D eigenvalue weighted by atomic mass is 32.1. The van der Waals surface area contributed by atoms with E-state index < -0.39 is 30.2 Å². The number of aryl methyl sites for hydroxylation is 1. The second-order valence-corrected chi connectivity index (χ2v) is 8.09. The van der Waals surface area contributed by atoms with E-state index in [0.717, 1.165) is 15.3 Å². The third-order valence-corrected chi connectivity index (χ3v) is 5.85. The molecule has 0 fully saturated rings. The Bertz CT molecular complexity index is 1040. The molecule has 30 heavy (non-hydrogen) atoms. The van der Waals surface area contributed by atoms with Gasteiger partial charge in [-0.25, -0.2) is 4.79 Å². The summed E-state index contributed by atoms with van der Waals surface area (Å²) in [6.07, 6.45) is 0. The number of amides is 3. The number of benzene rings is 1. The lowest BCUT2D eigenvalue weighted by molar-refractivity contribution is -0.120. The molecule has 0 aliphatic carbocycles. The van der Waals surface area contributed by atoms with E-state index in [0.29, 0.717) is 10.6 Å². The van der Waals surface area contributed by atoms with Gasteiger partial charge in [-0.1, -0.05) is 12.1 Å². The van der Waals surface area contributed by atoms with Crippen molar-refractivity contribution in [3.05, 3.63) is 51.4 Å². The van der Waals surface area contributed by atoms with Crippen LogP contribution in [0.1, 0.15) is 48.4 Å². The summed E-state index contributed by atoms with van der Waals surface area (Å²) in [4.78, 5) is 51.1. The molecule has 2 aromatic rings. The van der Waals surface area contributed by atoms with E-state index >= 15 is 0 Å². The normalized spacial score (nSPS) is 12.6. The largest absolute Gasteiger partial charge is 0.462 e. The van der Waals surface area contributed by atoms with Crippen molar-refractivity contribution in [3.63, 3.8) is 0 Å². The van der Waals surface area contributed by atoms with Crippen LogP contribution in [0.25, 0.3) is 0 Å². The first-order valence-corrected chi connectivity index (χ1v) is 10.3. The monoisotopic (exact) mass is 445 g/mol. The Morgan fingerprint density at radius 2 is 1.73 bits per heavy atom. The molecule has 0 saturated heterocycles. The number of esters is 1. The molecular formula is C20H19N3O5S2. The first-order valence-electron chi connectivity index (χ1n) is 9.07. The Morgan fingerprint density at radius 1 is 1.13 bits per heavy atom. The van der Waals surface area contributed by atoms with Gasteiger partial charge >= 0.3 is 5.97 Å². The molecule has 0 bridgehead atoms. The Kier molecular flexibility index (Phi) is 6.28. The molecule has 1 aromatic heterocycles. The molecule has 2 N–H and O–H groups in total. The van der Waals surface area contributed by atoms with Crippen molar-refractivity contribution in [1.29, 1.82) is 0 Å². The fraction of sp³-hybridized carbons (Fsp3) is 0.250. The summed E-state index contributed by atoms with van der Waals surface area (Å²) in [6, 6.07) is 6.38. The van der Waals surface area contributed by atoms with Gasteiger partial charge in [-0.3, -0.25) is 19.3 Å². The van der Waals surface area contributed by atoms with Crippen LogP contribution < -0.4 is 10.6 Å². The Labute approximate surface area is 182 Å². The summed E-state index contributed by atoms with van der Waals surface area (Å²) in [7, 11) is 0. The number of hydrogen-bond acceptors (Lipinski definition) is 7. The van der Waals surface area contributed by atoms with Crippen molar-refractivity contribution in [1.82, 2.24) is 10.2 Å². The number of hydrogen-bond donors (Lipinski definition) is 2. The van der Waals surface area contributed by atoms with Crippen LogP contribution in [0.2, 0.25) is 0 Å². The van der Waals surface area contributed by atoms with Gasteiger partial charge in [0.2, 0.25) is 5.91 Å². The average molecular weight is 446 g/mol. The molecule has 10 heteroatoms. The summed E-state index contributed by atoms with van der Waals surface area (Å²) in [5, 5.41) is 5.68. The van der Waals surface area contributed by atoms with E-state index in [-0.39, 0.29) is 22.8 Å². The Balaban J connectivity index is 1.66. The van der Waals surface area contributed by atoms with Gasteiger partial charge in [0.15, 0.2) is 5.11 Å². The number of nitrogens with one attached hydrogen (secondary N) is 2. The molecule has 1 aromatic carbocycles. The van der Waals surface area contributed by atoms with Crippen LogP contribution in [-0.4, -0.2) is 46.9 Å². The van der Waals surface area contributed by atoms with Crippen molar-refractivity contribution < 1.29 is 23.9 Å². The van der Waals surface area contributed by atoms with Crippen LogP contribution in [-0.2, 0) is 9.53 Å². The maximum atomic E-state index is 12.4. The average Bonchev–Trinajstić information content (AvgIpc) is 3.10. The van der Waals surface area contributed by atoms with Crippen LogP contribution >= 0.6 is 23.6 Å². The molecule has 0 saturated carbocycles. The molecule has 0 spiro atoms. The number of fused-ring (bicyclic) bond motifs is 1. The molecule has 1 aliphatic rings. The van der Waals surface area contributed by atoms with Crippen molar-refractivity contribution in [2.75, 3.05) is 18.5 Å². The van der Waals surface area contributed by atoms with Gasteiger partial charge in [0, 0.05) is 4.88 Å². The molecule has 0 radical (unpaired) electrons. The number of carbonyl (C=O) groups is 4. The smallest absolute Gasteiger partial charge is 0.341 e. The SMILES string of the molecule is CCOC(=O)c1c(NC(=S)NC(=O)CN2C(=O)c3ccccc3C2=O)sc(C)c1C. The van der Waals surface area contributed by atoms with Crippen molar-refractivity contribution >= 4 is 57.4 Å². The fourth-order valence-electron chi connectivity index (χ4n) is 2.99. The zero-order valence-electron chi connectivity index (χ0n) is 16.5. The lowest BCUT2D eigenvalue weighted by Gasteiger charge is -2.14. The lowest BCUT2D eigenvalue weighted by atomic mass is 10.1. The van der Waals surface area contributed by atoms with Gasteiger partial charge in [0.05, 0.1) is 23.3 Å². The fourth-order valence-corrected chi connectivity index (χ4v) is 4.32. The van der Waals surface area contributed by atoms with Crippen LogP contribution in [0.15, 0.2) is 24.3 Å². The van der Waals surface area contributed by atoms with E-state index in [2.05, 4.69) is 10.6 Å². The summed E-state index contributed by atoms with van der Waals surface area (Å²) in [5.74, 6) is -2.18. The molecule has 8 nitrogen and oxygen atoms in total. The van der Waals surface area contributed by atoms with Gasteiger partial charge in [0.1, 0.15) is 11.5 Å². The van der Waals surface area contributed by atoms with Crippen LogP contribution in [0.5, 0.6) is 0 Å². The van der Waals surface area contributed by atoms with E-state index in [4.69, 9.17) is 17.0 Å². The number of ether oxygens (including phenoxy) is 1. The molecule has 0 unspecified atom stereocenters. The molecule has 0 atom stereocenters. The van der Waals surface area contributed by atoms with E-state index in [1.165, 1.54) is 23.5 Å². The first kappa shape index (κ1) is 21.6. The predicted octanol–water partition coefficient (Wildman–Crippen LogP) is 2.65. The maximum absolute atomic E-state index is 12.4. The van der Waals surface area contributed by atoms with Crippen molar-refractivity contribution in [3.8, 4) is 0 Å². The van der Waals surface area contributed by atoms with E-state index in [1.807, 2.05) is 6.92 Å². The summed E-state index contributed by atoms with van der Waals surface area (Å²) in [6.45, 7) is 5.13. The quantitative estimate of drug-likeness (QED) is 0.414. The van der Waals surface area contributed by atoms with Crippen LogP contribution in [0, 0.1) is 13.8 Å².